The molecule has 0 spiro atoms. The maximum absolute atomic E-state index is 5.37. The lowest BCUT2D eigenvalue weighted by Crippen LogP contribution is -2.26. The van der Waals surface area contributed by atoms with Gasteiger partial charge in [0.15, 0.2) is 0 Å². The van der Waals surface area contributed by atoms with Crippen molar-refractivity contribution in [2.45, 2.75) is 31.7 Å². The molecule has 1 aromatic rings. The Morgan fingerprint density at radius 3 is 3.17 bits per heavy atom. The fourth-order valence-electron chi connectivity index (χ4n) is 1.89. The van der Waals surface area contributed by atoms with E-state index in [1.807, 2.05) is 6.07 Å². The Hall–Kier alpha value is -0.760. The molecule has 1 aromatic heterocycles. The molecule has 0 aliphatic carbocycles. The lowest BCUT2D eigenvalue weighted by molar-refractivity contribution is 0.415. The van der Waals surface area contributed by atoms with Crippen LogP contribution in [0.2, 0.25) is 0 Å². The van der Waals surface area contributed by atoms with Gasteiger partial charge in [-0.05, 0) is 31.5 Å². The van der Waals surface area contributed by atoms with Gasteiger partial charge in [-0.3, -0.25) is 0 Å². The molecule has 1 aliphatic rings. The zero-order valence-electron chi connectivity index (χ0n) is 7.42. The van der Waals surface area contributed by atoms with Crippen LogP contribution in [0, 0.1) is 0 Å². The van der Waals surface area contributed by atoms with Crippen LogP contribution >= 0.6 is 0 Å². The van der Waals surface area contributed by atoms with Gasteiger partial charge in [0.05, 0.1) is 6.26 Å². The smallest absolute Gasteiger partial charge is 0.108 e. The molecule has 0 bridgehead atoms. The summed E-state index contributed by atoms with van der Waals surface area (Å²) in [5.74, 6) is 1.62. The van der Waals surface area contributed by atoms with Gasteiger partial charge in [0, 0.05) is 12.0 Å². The zero-order valence-corrected chi connectivity index (χ0v) is 7.42. The van der Waals surface area contributed by atoms with Gasteiger partial charge in [-0.2, -0.15) is 0 Å². The Morgan fingerprint density at radius 2 is 2.58 bits per heavy atom. The second kappa shape index (κ2) is 3.31. The molecule has 2 atom stereocenters. The first-order valence-electron chi connectivity index (χ1n) is 4.65. The Morgan fingerprint density at radius 1 is 1.67 bits per heavy atom. The number of hydrogen-bond donors (Lipinski definition) is 1. The standard InChI is InChI=1S/C10H15NO/c1-8(9-4-2-6-11-9)10-5-3-7-12-10/h3,5,7-9,11H,2,4,6H2,1H3. The highest BCUT2D eigenvalue weighted by Gasteiger charge is 2.23. The van der Waals surface area contributed by atoms with Gasteiger partial charge in [0.1, 0.15) is 5.76 Å². The maximum atomic E-state index is 5.37. The second-order valence-corrected chi connectivity index (χ2v) is 3.51. The van der Waals surface area contributed by atoms with E-state index < -0.39 is 0 Å². The minimum absolute atomic E-state index is 0.516. The molecular weight excluding hydrogens is 150 g/mol. The Labute approximate surface area is 73.0 Å². The highest BCUT2D eigenvalue weighted by Crippen LogP contribution is 2.24. The first-order valence-corrected chi connectivity index (χ1v) is 4.65. The van der Waals surface area contributed by atoms with Crippen LogP contribution in [0.5, 0.6) is 0 Å². The molecule has 2 rings (SSSR count). The van der Waals surface area contributed by atoms with Crippen molar-refractivity contribution in [2.24, 2.45) is 0 Å². The predicted octanol–water partition coefficient (Wildman–Crippen LogP) is 2.14. The van der Waals surface area contributed by atoms with Gasteiger partial charge in [-0.25, -0.2) is 0 Å². The van der Waals surface area contributed by atoms with Crippen LogP contribution in [0.25, 0.3) is 0 Å². The molecule has 2 heterocycles. The van der Waals surface area contributed by atoms with Crippen molar-refractivity contribution in [3.63, 3.8) is 0 Å². The summed E-state index contributed by atoms with van der Waals surface area (Å²) < 4.78 is 5.37. The summed E-state index contributed by atoms with van der Waals surface area (Å²) in [6.45, 7) is 3.39. The van der Waals surface area contributed by atoms with Crippen LogP contribution in [-0.4, -0.2) is 12.6 Å². The van der Waals surface area contributed by atoms with Gasteiger partial charge >= 0.3 is 0 Å². The highest BCUT2D eigenvalue weighted by molar-refractivity contribution is 5.08. The molecule has 0 amide bonds. The number of nitrogens with one attached hydrogen (secondary N) is 1. The second-order valence-electron chi connectivity index (χ2n) is 3.51. The van der Waals surface area contributed by atoms with Crippen LogP contribution in [-0.2, 0) is 0 Å². The minimum Gasteiger partial charge on any atom is -0.469 e. The van der Waals surface area contributed by atoms with E-state index in [1.54, 1.807) is 6.26 Å². The van der Waals surface area contributed by atoms with Crippen molar-refractivity contribution >= 4 is 0 Å². The van der Waals surface area contributed by atoms with Crippen LogP contribution in [0.1, 0.15) is 31.4 Å². The lowest BCUT2D eigenvalue weighted by Gasteiger charge is -2.16. The van der Waals surface area contributed by atoms with Crippen LogP contribution in [0.3, 0.4) is 0 Å². The normalized spacial score (nSPS) is 25.9. The fraction of sp³-hybridized carbons (Fsp3) is 0.600. The molecule has 1 N–H and O–H groups in total. The minimum atomic E-state index is 0.516. The third-order valence-corrected chi connectivity index (χ3v) is 2.69. The molecule has 2 nitrogen and oxygen atoms in total. The fourth-order valence-corrected chi connectivity index (χ4v) is 1.89. The lowest BCUT2D eigenvalue weighted by atomic mass is 9.98. The molecular formula is C10H15NO. The first kappa shape index (κ1) is 7.87. The van der Waals surface area contributed by atoms with Crippen LogP contribution < -0.4 is 5.32 Å². The van der Waals surface area contributed by atoms with E-state index in [2.05, 4.69) is 18.3 Å². The van der Waals surface area contributed by atoms with Gasteiger partial charge in [0.25, 0.3) is 0 Å². The van der Waals surface area contributed by atoms with E-state index in [1.165, 1.54) is 12.8 Å². The van der Waals surface area contributed by atoms with Crippen molar-refractivity contribution in [3.8, 4) is 0 Å². The first-order chi connectivity index (χ1) is 5.88. The van der Waals surface area contributed by atoms with Crippen molar-refractivity contribution in [1.29, 1.82) is 0 Å². The Kier molecular flexibility index (Phi) is 2.17. The molecule has 2 heteroatoms. The molecule has 0 saturated carbocycles. The van der Waals surface area contributed by atoms with Gasteiger partial charge in [-0.15, -0.1) is 0 Å². The molecule has 0 aromatic carbocycles. The molecule has 66 valence electrons. The number of rotatable bonds is 2. The van der Waals surface area contributed by atoms with Crippen molar-refractivity contribution in [3.05, 3.63) is 24.2 Å². The van der Waals surface area contributed by atoms with Crippen molar-refractivity contribution in [2.75, 3.05) is 6.54 Å². The summed E-state index contributed by atoms with van der Waals surface area (Å²) >= 11 is 0. The molecule has 12 heavy (non-hydrogen) atoms. The van der Waals surface area contributed by atoms with E-state index in [-0.39, 0.29) is 0 Å². The van der Waals surface area contributed by atoms with E-state index >= 15 is 0 Å². The van der Waals surface area contributed by atoms with E-state index in [0.29, 0.717) is 12.0 Å². The summed E-state index contributed by atoms with van der Waals surface area (Å²) in [7, 11) is 0. The largest absolute Gasteiger partial charge is 0.469 e. The summed E-state index contributed by atoms with van der Waals surface area (Å²) in [6, 6.07) is 4.64. The van der Waals surface area contributed by atoms with Crippen molar-refractivity contribution in [1.82, 2.24) is 5.32 Å². The van der Waals surface area contributed by atoms with Crippen molar-refractivity contribution < 1.29 is 4.42 Å². The third kappa shape index (κ3) is 1.39. The van der Waals surface area contributed by atoms with E-state index in [4.69, 9.17) is 4.42 Å². The van der Waals surface area contributed by atoms with Crippen LogP contribution in [0.15, 0.2) is 22.8 Å². The summed E-state index contributed by atoms with van der Waals surface area (Å²) in [5.41, 5.74) is 0. The quantitative estimate of drug-likeness (QED) is 0.726. The van der Waals surface area contributed by atoms with E-state index in [9.17, 15) is 0 Å². The monoisotopic (exact) mass is 165 g/mol. The third-order valence-electron chi connectivity index (χ3n) is 2.69. The molecule has 1 aliphatic heterocycles. The Balaban J connectivity index is 2.04. The van der Waals surface area contributed by atoms with Gasteiger partial charge in [0.2, 0.25) is 0 Å². The summed E-state index contributed by atoms with van der Waals surface area (Å²) in [4.78, 5) is 0. The molecule has 1 saturated heterocycles. The van der Waals surface area contributed by atoms with Crippen LogP contribution in [0.4, 0.5) is 0 Å². The predicted molar refractivity (Wildman–Crippen MR) is 48.1 cm³/mol. The summed E-state index contributed by atoms with van der Waals surface area (Å²) in [6.07, 6.45) is 4.33. The maximum Gasteiger partial charge on any atom is 0.108 e. The van der Waals surface area contributed by atoms with Gasteiger partial charge < -0.3 is 9.73 Å². The highest BCUT2D eigenvalue weighted by atomic mass is 16.3. The average Bonchev–Trinajstić information content (AvgIpc) is 2.77. The van der Waals surface area contributed by atoms with E-state index in [0.717, 1.165) is 12.3 Å². The SMILES string of the molecule is CC(c1ccco1)C1CCCN1. The molecule has 1 fully saturated rings. The molecule has 2 unspecified atom stereocenters. The molecule has 0 radical (unpaired) electrons. The van der Waals surface area contributed by atoms with Gasteiger partial charge in [-0.1, -0.05) is 6.92 Å². The summed E-state index contributed by atoms with van der Waals surface area (Å²) in [5, 5.41) is 3.48. The Bertz CT molecular complexity index is 224. The topological polar surface area (TPSA) is 25.2 Å². The zero-order chi connectivity index (χ0) is 8.39. The number of hydrogen-bond acceptors (Lipinski definition) is 2. The average molecular weight is 165 g/mol. The number of furan rings is 1.